The van der Waals surface area contributed by atoms with Crippen LogP contribution in [0.3, 0.4) is 0 Å². The summed E-state index contributed by atoms with van der Waals surface area (Å²) in [5.74, 6) is -4.22. The van der Waals surface area contributed by atoms with E-state index in [4.69, 9.17) is 5.73 Å². The molecule has 10 heteroatoms. The number of nitrogens with zero attached hydrogens (tertiary/aromatic N) is 6. The van der Waals surface area contributed by atoms with Crippen LogP contribution in [0.4, 0.5) is 8.78 Å². The molecule has 1 amide bonds. The number of alkyl halides is 2. The van der Waals surface area contributed by atoms with E-state index in [-0.39, 0.29) is 5.69 Å². The van der Waals surface area contributed by atoms with E-state index in [9.17, 15) is 13.6 Å². The van der Waals surface area contributed by atoms with Gasteiger partial charge >= 0.3 is 5.92 Å². The monoisotopic (exact) mass is 413 g/mol. The first-order valence-electron chi connectivity index (χ1n) is 9.47. The molecule has 0 aromatic carbocycles. The third kappa shape index (κ3) is 4.04. The molecule has 3 aromatic heterocycles. The van der Waals surface area contributed by atoms with Crippen molar-refractivity contribution in [2.45, 2.75) is 39.3 Å². The largest absolute Gasteiger partial charge is 0.364 e. The Hall–Kier alpha value is -3.27. The summed E-state index contributed by atoms with van der Waals surface area (Å²) < 4.78 is 28.8. The zero-order chi connectivity index (χ0) is 21.5. The molecule has 4 rings (SSSR count). The van der Waals surface area contributed by atoms with E-state index < -0.39 is 17.7 Å². The summed E-state index contributed by atoms with van der Waals surface area (Å²) in [6, 6.07) is 3.28. The third-order valence-electron chi connectivity index (χ3n) is 4.94. The van der Waals surface area contributed by atoms with Crippen molar-refractivity contribution in [3.05, 3.63) is 64.8 Å². The third-order valence-corrected chi connectivity index (χ3v) is 4.94. The first-order chi connectivity index (χ1) is 14.2. The number of primary amides is 1. The molecule has 3 aromatic rings. The Balaban J connectivity index is 1.64. The number of carbonyl (C=O) groups excluding carboxylic acids is 1. The standard InChI is InChI=1S/C20H21F2N7O/c1-12-8-25-29(9-12)17-7-15(18(23)30)27-16-11-28(6-4-14(16)17)10-13-3-5-24-19(26-13)20(2,21)22/h3,5,7-9H,4,6,10-11H2,1-2H3,(H2,23,30). The summed E-state index contributed by atoms with van der Waals surface area (Å²) in [4.78, 5) is 26.0. The molecular formula is C20H21F2N7O. The van der Waals surface area contributed by atoms with Crippen molar-refractivity contribution >= 4 is 5.91 Å². The van der Waals surface area contributed by atoms with Crippen molar-refractivity contribution < 1.29 is 13.6 Å². The molecule has 30 heavy (non-hydrogen) atoms. The lowest BCUT2D eigenvalue weighted by atomic mass is 10.0. The van der Waals surface area contributed by atoms with Gasteiger partial charge in [-0.25, -0.2) is 19.6 Å². The van der Waals surface area contributed by atoms with Crippen LogP contribution in [0.2, 0.25) is 0 Å². The molecule has 4 heterocycles. The fraction of sp³-hybridized carbons (Fsp3) is 0.350. The molecule has 0 bridgehead atoms. The first kappa shape index (κ1) is 20.0. The van der Waals surface area contributed by atoms with Crippen molar-refractivity contribution in [3.8, 4) is 5.69 Å². The minimum atomic E-state index is -3.10. The molecule has 0 aliphatic carbocycles. The van der Waals surface area contributed by atoms with Crippen LogP contribution in [0.25, 0.3) is 5.69 Å². The van der Waals surface area contributed by atoms with Gasteiger partial charge in [0.1, 0.15) is 5.69 Å². The number of nitrogens with two attached hydrogens (primary N) is 1. The summed E-state index contributed by atoms with van der Waals surface area (Å²) >= 11 is 0. The van der Waals surface area contributed by atoms with E-state index >= 15 is 0 Å². The number of halogens is 2. The number of fused-ring (bicyclic) bond motifs is 1. The summed E-state index contributed by atoms with van der Waals surface area (Å²) in [5, 5.41) is 4.35. The first-order valence-corrected chi connectivity index (χ1v) is 9.47. The van der Waals surface area contributed by atoms with Crippen LogP contribution in [0, 0.1) is 6.92 Å². The van der Waals surface area contributed by atoms with Crippen LogP contribution in [0.1, 0.15) is 45.8 Å². The molecule has 1 aliphatic heterocycles. The van der Waals surface area contributed by atoms with Crippen LogP contribution >= 0.6 is 0 Å². The molecule has 0 unspecified atom stereocenters. The maximum Gasteiger partial charge on any atom is 0.303 e. The highest BCUT2D eigenvalue weighted by Gasteiger charge is 2.29. The number of carbonyl (C=O) groups is 1. The van der Waals surface area contributed by atoms with Gasteiger partial charge in [-0.15, -0.1) is 0 Å². The van der Waals surface area contributed by atoms with Crippen molar-refractivity contribution in [1.82, 2.24) is 29.6 Å². The molecule has 1 aliphatic rings. The van der Waals surface area contributed by atoms with Crippen LogP contribution in [0.15, 0.2) is 30.7 Å². The number of aryl methyl sites for hydroxylation is 1. The molecule has 0 saturated heterocycles. The molecule has 0 fully saturated rings. The van der Waals surface area contributed by atoms with Crippen LogP contribution < -0.4 is 5.73 Å². The van der Waals surface area contributed by atoms with E-state index in [1.54, 1.807) is 23.0 Å². The second-order valence-electron chi connectivity index (χ2n) is 7.50. The van der Waals surface area contributed by atoms with Crippen molar-refractivity contribution in [3.63, 3.8) is 0 Å². The number of aromatic nitrogens is 5. The van der Waals surface area contributed by atoms with Crippen molar-refractivity contribution in [2.75, 3.05) is 6.54 Å². The lowest BCUT2D eigenvalue weighted by Crippen LogP contribution is -2.33. The van der Waals surface area contributed by atoms with E-state index in [2.05, 4.69) is 20.1 Å². The number of pyridine rings is 1. The topological polar surface area (TPSA) is 103 Å². The predicted octanol–water partition coefficient (Wildman–Crippen LogP) is 2.13. The predicted molar refractivity (Wildman–Crippen MR) is 104 cm³/mol. The Morgan fingerprint density at radius 2 is 2.13 bits per heavy atom. The lowest BCUT2D eigenvalue weighted by Gasteiger charge is -2.29. The number of amides is 1. The van der Waals surface area contributed by atoms with Crippen LogP contribution in [-0.4, -0.2) is 42.1 Å². The highest BCUT2D eigenvalue weighted by Crippen LogP contribution is 2.27. The average molecular weight is 413 g/mol. The van der Waals surface area contributed by atoms with Gasteiger partial charge in [0, 0.05) is 44.5 Å². The molecule has 156 valence electrons. The van der Waals surface area contributed by atoms with E-state index in [1.165, 1.54) is 6.20 Å². The number of rotatable bonds is 5. The SMILES string of the molecule is Cc1cnn(-c2cc(C(N)=O)nc3c2CCN(Cc2ccnc(C(C)(F)F)n2)C3)c1. The highest BCUT2D eigenvalue weighted by atomic mass is 19.3. The van der Waals surface area contributed by atoms with Crippen LogP contribution in [-0.2, 0) is 25.4 Å². The Bertz CT molecular complexity index is 1110. The van der Waals surface area contributed by atoms with Gasteiger partial charge in [0.2, 0.25) is 0 Å². The van der Waals surface area contributed by atoms with Gasteiger partial charge in [-0.2, -0.15) is 13.9 Å². The fourth-order valence-electron chi connectivity index (χ4n) is 3.51. The molecule has 0 atom stereocenters. The number of hydrogen-bond acceptors (Lipinski definition) is 6. The second kappa shape index (κ2) is 7.52. The van der Waals surface area contributed by atoms with Gasteiger partial charge in [0.25, 0.3) is 5.91 Å². The van der Waals surface area contributed by atoms with E-state index in [1.807, 2.05) is 18.0 Å². The average Bonchev–Trinajstić information content (AvgIpc) is 3.12. The Labute approximate surface area is 171 Å². The lowest BCUT2D eigenvalue weighted by molar-refractivity contribution is 0.00725. The van der Waals surface area contributed by atoms with Gasteiger partial charge in [-0.1, -0.05) is 0 Å². The molecule has 0 radical (unpaired) electrons. The smallest absolute Gasteiger partial charge is 0.303 e. The Kier molecular flexibility index (Phi) is 5.02. The van der Waals surface area contributed by atoms with Gasteiger partial charge in [0.05, 0.1) is 23.3 Å². The van der Waals surface area contributed by atoms with Crippen molar-refractivity contribution in [1.29, 1.82) is 0 Å². The summed E-state index contributed by atoms with van der Waals surface area (Å²) in [6.45, 7) is 4.19. The number of hydrogen-bond donors (Lipinski definition) is 1. The van der Waals surface area contributed by atoms with Gasteiger partial charge in [-0.3, -0.25) is 9.69 Å². The van der Waals surface area contributed by atoms with Gasteiger partial charge < -0.3 is 5.73 Å². The summed E-state index contributed by atoms with van der Waals surface area (Å²) in [6.07, 6.45) is 5.62. The minimum Gasteiger partial charge on any atom is -0.364 e. The fourth-order valence-corrected chi connectivity index (χ4v) is 3.51. The highest BCUT2D eigenvalue weighted by molar-refractivity contribution is 5.91. The summed E-state index contributed by atoms with van der Waals surface area (Å²) in [7, 11) is 0. The van der Waals surface area contributed by atoms with Crippen molar-refractivity contribution in [2.24, 2.45) is 5.73 Å². The zero-order valence-corrected chi connectivity index (χ0v) is 16.6. The van der Waals surface area contributed by atoms with E-state index in [0.717, 1.165) is 29.4 Å². The Morgan fingerprint density at radius 1 is 1.33 bits per heavy atom. The zero-order valence-electron chi connectivity index (χ0n) is 16.6. The minimum absolute atomic E-state index is 0.161. The molecule has 2 N–H and O–H groups in total. The van der Waals surface area contributed by atoms with Crippen LogP contribution in [0.5, 0.6) is 0 Å². The summed E-state index contributed by atoms with van der Waals surface area (Å²) in [5.41, 5.74) is 9.62. The van der Waals surface area contributed by atoms with Gasteiger partial charge in [0.15, 0.2) is 5.82 Å². The molecule has 0 spiro atoms. The Morgan fingerprint density at radius 3 is 2.80 bits per heavy atom. The maximum atomic E-state index is 13.5. The molecule has 0 saturated carbocycles. The quantitative estimate of drug-likeness (QED) is 0.687. The molecule has 8 nitrogen and oxygen atoms in total. The maximum absolute atomic E-state index is 13.5. The van der Waals surface area contributed by atoms with Gasteiger partial charge in [-0.05, 0) is 31.0 Å². The van der Waals surface area contributed by atoms with E-state index in [0.29, 0.717) is 31.7 Å². The second-order valence-corrected chi connectivity index (χ2v) is 7.50. The molecular weight excluding hydrogens is 392 g/mol. The normalized spacial score (nSPS) is 14.5.